The van der Waals surface area contributed by atoms with Crippen LogP contribution in [0.15, 0.2) is 18.2 Å². The van der Waals surface area contributed by atoms with Crippen LogP contribution < -0.4 is 4.74 Å². The summed E-state index contributed by atoms with van der Waals surface area (Å²) in [6.07, 6.45) is 1.64. The highest BCUT2D eigenvalue weighted by atomic mass is 16.5. The van der Waals surface area contributed by atoms with E-state index in [1.807, 2.05) is 13.8 Å². The summed E-state index contributed by atoms with van der Waals surface area (Å²) >= 11 is 0. The van der Waals surface area contributed by atoms with E-state index in [2.05, 4.69) is 0 Å². The fourth-order valence-corrected chi connectivity index (χ4v) is 1.39. The summed E-state index contributed by atoms with van der Waals surface area (Å²) < 4.78 is 5.00. The lowest BCUT2D eigenvalue weighted by Crippen LogP contribution is -2.22. The van der Waals surface area contributed by atoms with E-state index in [0.29, 0.717) is 12.2 Å². The maximum Gasteiger partial charge on any atom is 0.160 e. The van der Waals surface area contributed by atoms with Crippen molar-refractivity contribution in [3.8, 4) is 11.5 Å². The number of aldehydes is 1. The van der Waals surface area contributed by atoms with E-state index in [1.165, 1.54) is 7.11 Å². The Balaban J connectivity index is 3.20. The fourth-order valence-electron chi connectivity index (χ4n) is 1.39. The highest BCUT2D eigenvalue weighted by molar-refractivity contribution is 5.68. The molecule has 0 aliphatic heterocycles. The molecule has 1 aromatic carbocycles. The van der Waals surface area contributed by atoms with Crippen molar-refractivity contribution in [2.45, 2.75) is 25.7 Å². The Kier molecular flexibility index (Phi) is 3.35. The molecule has 0 aromatic heterocycles. The molecular weight excluding hydrogens is 192 g/mol. The second kappa shape index (κ2) is 4.34. The minimum Gasteiger partial charge on any atom is -0.504 e. The van der Waals surface area contributed by atoms with Gasteiger partial charge in [0.05, 0.1) is 7.11 Å². The number of benzene rings is 1. The van der Waals surface area contributed by atoms with Gasteiger partial charge in [0, 0.05) is 5.41 Å². The predicted molar refractivity (Wildman–Crippen MR) is 58.4 cm³/mol. The molecule has 0 aliphatic carbocycles. The van der Waals surface area contributed by atoms with Crippen molar-refractivity contribution < 1.29 is 14.6 Å². The van der Waals surface area contributed by atoms with Crippen LogP contribution in [-0.4, -0.2) is 18.5 Å². The van der Waals surface area contributed by atoms with Gasteiger partial charge in [0.1, 0.15) is 6.29 Å². The van der Waals surface area contributed by atoms with Gasteiger partial charge >= 0.3 is 0 Å². The monoisotopic (exact) mass is 208 g/mol. The van der Waals surface area contributed by atoms with E-state index in [4.69, 9.17) is 4.74 Å². The highest BCUT2D eigenvalue weighted by Crippen LogP contribution is 2.33. The Morgan fingerprint density at radius 1 is 1.53 bits per heavy atom. The number of ether oxygens (including phenoxy) is 1. The molecule has 0 radical (unpaired) electrons. The first-order valence-electron chi connectivity index (χ1n) is 4.91. The molecule has 1 N–H and O–H groups in total. The number of phenols is 1. The first-order valence-corrected chi connectivity index (χ1v) is 4.91. The number of methoxy groups -OCH3 is 1. The smallest absolute Gasteiger partial charge is 0.160 e. The van der Waals surface area contributed by atoms with Gasteiger partial charge in [0.25, 0.3) is 0 Å². The third-order valence-electron chi connectivity index (χ3n) is 2.83. The molecule has 0 saturated carbocycles. The molecule has 3 heteroatoms. The largest absolute Gasteiger partial charge is 0.504 e. The van der Waals surface area contributed by atoms with Crippen LogP contribution in [-0.2, 0) is 10.2 Å². The van der Waals surface area contributed by atoms with Gasteiger partial charge in [-0.3, -0.25) is 0 Å². The zero-order valence-electron chi connectivity index (χ0n) is 9.28. The van der Waals surface area contributed by atoms with Crippen LogP contribution >= 0.6 is 0 Å². The maximum absolute atomic E-state index is 11.0. The Labute approximate surface area is 89.7 Å². The first kappa shape index (κ1) is 11.6. The van der Waals surface area contributed by atoms with Gasteiger partial charge in [-0.25, -0.2) is 0 Å². The fraction of sp³-hybridized carbons (Fsp3) is 0.417. The number of hydrogen-bond donors (Lipinski definition) is 1. The molecule has 1 aromatic rings. The number of carbonyl (C=O) groups is 1. The highest BCUT2D eigenvalue weighted by Gasteiger charge is 2.24. The number of aromatic hydroxyl groups is 1. The number of carbonyl (C=O) groups excluding carboxylic acids is 1. The van der Waals surface area contributed by atoms with Crippen LogP contribution in [0.4, 0.5) is 0 Å². The van der Waals surface area contributed by atoms with Crippen molar-refractivity contribution in [3.63, 3.8) is 0 Å². The quantitative estimate of drug-likeness (QED) is 0.772. The lowest BCUT2D eigenvalue weighted by atomic mass is 9.81. The summed E-state index contributed by atoms with van der Waals surface area (Å²) in [6, 6.07) is 4.99. The molecule has 0 aliphatic rings. The molecule has 82 valence electrons. The molecule has 0 heterocycles. The third-order valence-corrected chi connectivity index (χ3v) is 2.83. The van der Waals surface area contributed by atoms with E-state index in [0.717, 1.165) is 11.8 Å². The number of rotatable bonds is 4. The van der Waals surface area contributed by atoms with E-state index in [9.17, 15) is 9.90 Å². The molecular formula is C12H16O3. The van der Waals surface area contributed by atoms with Gasteiger partial charge < -0.3 is 14.6 Å². The van der Waals surface area contributed by atoms with Crippen LogP contribution in [0.25, 0.3) is 0 Å². The average Bonchev–Trinajstić information content (AvgIpc) is 2.28. The summed E-state index contributed by atoms with van der Waals surface area (Å²) in [5, 5.41) is 9.43. The number of phenolic OH excluding ortho intramolecular Hbond substituents is 1. The second-order valence-electron chi connectivity index (χ2n) is 3.78. The van der Waals surface area contributed by atoms with Crippen molar-refractivity contribution in [2.24, 2.45) is 0 Å². The zero-order valence-corrected chi connectivity index (χ0v) is 9.28. The third kappa shape index (κ3) is 2.12. The minimum atomic E-state index is -0.513. The van der Waals surface area contributed by atoms with E-state index < -0.39 is 5.41 Å². The van der Waals surface area contributed by atoms with Crippen LogP contribution in [0.5, 0.6) is 11.5 Å². The van der Waals surface area contributed by atoms with Crippen molar-refractivity contribution in [1.29, 1.82) is 0 Å². The standard InChI is InChI=1S/C12H16O3/c1-4-12(2,8-13)9-5-6-10(14)11(7-9)15-3/h5-8,14H,4H2,1-3H3. The molecule has 0 saturated heterocycles. The normalized spacial score (nSPS) is 14.3. The summed E-state index contributed by atoms with van der Waals surface area (Å²) in [6.45, 7) is 3.82. The molecule has 1 atom stereocenters. The van der Waals surface area contributed by atoms with Crippen LogP contribution in [0.1, 0.15) is 25.8 Å². The Hall–Kier alpha value is -1.51. The minimum absolute atomic E-state index is 0.0885. The topological polar surface area (TPSA) is 46.5 Å². The number of hydrogen-bond acceptors (Lipinski definition) is 3. The van der Waals surface area contributed by atoms with Crippen LogP contribution in [0.2, 0.25) is 0 Å². The van der Waals surface area contributed by atoms with Crippen molar-refractivity contribution in [2.75, 3.05) is 7.11 Å². The van der Waals surface area contributed by atoms with Gasteiger partial charge in [-0.15, -0.1) is 0 Å². The molecule has 0 fully saturated rings. The van der Waals surface area contributed by atoms with Gasteiger partial charge in [-0.1, -0.05) is 13.0 Å². The summed E-state index contributed by atoms with van der Waals surface area (Å²) in [7, 11) is 1.49. The molecule has 1 unspecified atom stereocenters. The Bertz CT molecular complexity index is 360. The maximum atomic E-state index is 11.0. The molecule has 1 rings (SSSR count). The average molecular weight is 208 g/mol. The summed E-state index contributed by atoms with van der Waals surface area (Å²) in [5.74, 6) is 0.486. The van der Waals surface area contributed by atoms with Gasteiger partial charge in [-0.05, 0) is 31.0 Å². The lowest BCUT2D eigenvalue weighted by molar-refractivity contribution is -0.112. The second-order valence-corrected chi connectivity index (χ2v) is 3.78. The molecule has 15 heavy (non-hydrogen) atoms. The Morgan fingerprint density at radius 2 is 2.20 bits per heavy atom. The Morgan fingerprint density at radius 3 is 2.67 bits per heavy atom. The van der Waals surface area contributed by atoms with Gasteiger partial charge in [0.15, 0.2) is 11.5 Å². The van der Waals surface area contributed by atoms with Gasteiger partial charge in [0.2, 0.25) is 0 Å². The van der Waals surface area contributed by atoms with Crippen molar-refractivity contribution in [3.05, 3.63) is 23.8 Å². The van der Waals surface area contributed by atoms with Crippen LogP contribution in [0, 0.1) is 0 Å². The van der Waals surface area contributed by atoms with E-state index in [-0.39, 0.29) is 5.75 Å². The van der Waals surface area contributed by atoms with Crippen molar-refractivity contribution >= 4 is 6.29 Å². The van der Waals surface area contributed by atoms with E-state index >= 15 is 0 Å². The lowest BCUT2D eigenvalue weighted by Gasteiger charge is -2.22. The predicted octanol–water partition coefficient (Wildman–Crippen LogP) is 2.27. The SMILES string of the molecule is CCC(C)(C=O)c1ccc(O)c(OC)c1. The molecule has 3 nitrogen and oxygen atoms in total. The molecule has 0 spiro atoms. The first-order chi connectivity index (χ1) is 7.07. The van der Waals surface area contributed by atoms with E-state index in [1.54, 1.807) is 18.2 Å². The zero-order chi connectivity index (χ0) is 11.5. The molecule has 0 bridgehead atoms. The van der Waals surface area contributed by atoms with Crippen LogP contribution in [0.3, 0.4) is 0 Å². The molecule has 0 amide bonds. The summed E-state index contributed by atoms with van der Waals surface area (Å²) in [4.78, 5) is 11.0. The van der Waals surface area contributed by atoms with Crippen molar-refractivity contribution in [1.82, 2.24) is 0 Å². The van der Waals surface area contributed by atoms with Gasteiger partial charge in [-0.2, -0.15) is 0 Å². The summed E-state index contributed by atoms with van der Waals surface area (Å²) in [5.41, 5.74) is 0.343.